The summed E-state index contributed by atoms with van der Waals surface area (Å²) in [5, 5.41) is 2.59. The van der Waals surface area contributed by atoms with Gasteiger partial charge in [-0.3, -0.25) is 4.79 Å². The molecule has 1 aromatic rings. The topological polar surface area (TPSA) is 68.0 Å². The monoisotopic (exact) mass is 225 g/mol. The molecule has 1 amide bonds. The molecule has 0 saturated heterocycles. The predicted octanol–water partition coefficient (Wildman–Crippen LogP) is 1.53. The number of hydrogen-bond acceptors (Lipinski definition) is 3. The largest absolute Gasteiger partial charge is 0.323 e. The van der Waals surface area contributed by atoms with E-state index in [1.165, 1.54) is 18.3 Å². The van der Waals surface area contributed by atoms with Gasteiger partial charge in [-0.25, -0.2) is 4.98 Å². The minimum Gasteiger partial charge on any atom is -0.323 e. The first-order valence-corrected chi connectivity index (χ1v) is 5.22. The maximum atomic E-state index is 12.5. The van der Waals surface area contributed by atoms with Gasteiger partial charge >= 0.3 is 0 Å². The summed E-state index contributed by atoms with van der Waals surface area (Å²) >= 11 is 0. The van der Waals surface area contributed by atoms with Crippen molar-refractivity contribution < 1.29 is 9.18 Å². The minimum absolute atomic E-state index is 0.105. The van der Waals surface area contributed by atoms with E-state index in [4.69, 9.17) is 5.73 Å². The first-order valence-electron chi connectivity index (χ1n) is 5.22. The molecule has 1 rings (SSSR count). The van der Waals surface area contributed by atoms with Crippen molar-refractivity contribution in [2.24, 2.45) is 11.7 Å². The van der Waals surface area contributed by atoms with Gasteiger partial charge in [0, 0.05) is 0 Å². The summed E-state index contributed by atoms with van der Waals surface area (Å²) in [7, 11) is 0. The van der Waals surface area contributed by atoms with Crippen LogP contribution in [0.2, 0.25) is 0 Å². The van der Waals surface area contributed by atoms with E-state index in [1.54, 1.807) is 0 Å². The van der Waals surface area contributed by atoms with Gasteiger partial charge in [-0.1, -0.05) is 20.3 Å². The average molecular weight is 225 g/mol. The molecule has 0 saturated carbocycles. The Morgan fingerprint density at radius 1 is 1.62 bits per heavy atom. The van der Waals surface area contributed by atoms with E-state index >= 15 is 0 Å². The van der Waals surface area contributed by atoms with Gasteiger partial charge in [0.2, 0.25) is 11.9 Å². The van der Waals surface area contributed by atoms with Gasteiger partial charge in [-0.05, 0) is 18.1 Å². The molecule has 16 heavy (non-hydrogen) atoms. The third-order valence-corrected chi connectivity index (χ3v) is 2.55. The van der Waals surface area contributed by atoms with Crippen molar-refractivity contribution >= 4 is 11.6 Å². The molecule has 0 bridgehead atoms. The summed E-state index contributed by atoms with van der Waals surface area (Å²) in [5.74, 6) is -0.750. The molecule has 2 atom stereocenters. The van der Waals surface area contributed by atoms with Crippen LogP contribution < -0.4 is 11.1 Å². The van der Waals surface area contributed by atoms with Crippen molar-refractivity contribution in [2.75, 3.05) is 5.32 Å². The standard InChI is InChI=1S/C11H16FN3O/c1-3-7(2)10(13)11(16)15-8-4-5-9(12)14-6-8/h4-7,10H,3,13H2,1-2H3,(H,15,16). The second-order valence-corrected chi connectivity index (χ2v) is 3.77. The molecule has 0 aromatic carbocycles. The van der Waals surface area contributed by atoms with Crippen LogP contribution in [0.4, 0.5) is 10.1 Å². The lowest BCUT2D eigenvalue weighted by atomic mass is 9.99. The van der Waals surface area contributed by atoms with Crippen LogP contribution in [0, 0.1) is 11.9 Å². The number of halogens is 1. The highest BCUT2D eigenvalue weighted by Crippen LogP contribution is 2.10. The Kier molecular flexibility index (Phi) is 4.37. The summed E-state index contributed by atoms with van der Waals surface area (Å²) in [4.78, 5) is 15.1. The zero-order chi connectivity index (χ0) is 12.1. The van der Waals surface area contributed by atoms with Gasteiger partial charge in [0.15, 0.2) is 0 Å². The number of carbonyl (C=O) groups is 1. The highest BCUT2D eigenvalue weighted by molar-refractivity contribution is 5.94. The average Bonchev–Trinajstić information content (AvgIpc) is 2.30. The number of nitrogens with one attached hydrogen (secondary N) is 1. The second kappa shape index (κ2) is 5.55. The SMILES string of the molecule is CCC(C)C(N)C(=O)Nc1ccc(F)nc1. The molecule has 0 radical (unpaired) electrons. The Labute approximate surface area is 94.1 Å². The summed E-state index contributed by atoms with van der Waals surface area (Å²) in [6, 6.07) is 2.07. The van der Waals surface area contributed by atoms with E-state index in [2.05, 4.69) is 10.3 Å². The van der Waals surface area contributed by atoms with E-state index in [1.807, 2.05) is 13.8 Å². The highest BCUT2D eigenvalue weighted by Gasteiger charge is 2.19. The van der Waals surface area contributed by atoms with Gasteiger partial charge < -0.3 is 11.1 Å². The molecule has 5 heteroatoms. The quantitative estimate of drug-likeness (QED) is 0.763. The summed E-state index contributed by atoms with van der Waals surface area (Å²) < 4.78 is 12.5. The molecule has 2 unspecified atom stereocenters. The smallest absolute Gasteiger partial charge is 0.241 e. The van der Waals surface area contributed by atoms with E-state index < -0.39 is 12.0 Å². The van der Waals surface area contributed by atoms with Crippen molar-refractivity contribution in [1.82, 2.24) is 4.98 Å². The number of pyridine rings is 1. The second-order valence-electron chi connectivity index (χ2n) is 3.77. The van der Waals surface area contributed by atoms with Crippen LogP contribution in [0.15, 0.2) is 18.3 Å². The number of anilines is 1. The van der Waals surface area contributed by atoms with Crippen LogP contribution in [0.25, 0.3) is 0 Å². The third kappa shape index (κ3) is 3.27. The molecule has 0 aliphatic heterocycles. The van der Waals surface area contributed by atoms with Gasteiger partial charge in [-0.2, -0.15) is 4.39 Å². The van der Waals surface area contributed by atoms with Crippen molar-refractivity contribution in [1.29, 1.82) is 0 Å². The van der Waals surface area contributed by atoms with Crippen molar-refractivity contribution in [3.8, 4) is 0 Å². The first kappa shape index (κ1) is 12.6. The normalized spacial score (nSPS) is 14.2. The van der Waals surface area contributed by atoms with E-state index in [-0.39, 0.29) is 11.8 Å². The summed E-state index contributed by atoms with van der Waals surface area (Å²) in [6.45, 7) is 3.88. The molecule has 0 fully saturated rings. The number of rotatable bonds is 4. The molecule has 0 aliphatic rings. The van der Waals surface area contributed by atoms with Crippen LogP contribution in [0.5, 0.6) is 0 Å². The number of aromatic nitrogens is 1. The number of hydrogen-bond donors (Lipinski definition) is 2. The lowest BCUT2D eigenvalue weighted by Gasteiger charge is -2.17. The summed E-state index contributed by atoms with van der Waals surface area (Å²) in [5.41, 5.74) is 6.19. The van der Waals surface area contributed by atoms with Crippen LogP contribution in [0.1, 0.15) is 20.3 Å². The lowest BCUT2D eigenvalue weighted by Crippen LogP contribution is -2.40. The van der Waals surface area contributed by atoms with Gasteiger partial charge in [0.05, 0.1) is 17.9 Å². The third-order valence-electron chi connectivity index (χ3n) is 2.55. The molecular weight excluding hydrogens is 209 g/mol. The molecule has 1 heterocycles. The number of amides is 1. The van der Waals surface area contributed by atoms with Gasteiger partial charge in [-0.15, -0.1) is 0 Å². The highest BCUT2D eigenvalue weighted by atomic mass is 19.1. The first-order chi connectivity index (χ1) is 7.54. The lowest BCUT2D eigenvalue weighted by molar-refractivity contribution is -0.118. The van der Waals surface area contributed by atoms with Crippen molar-refractivity contribution in [2.45, 2.75) is 26.3 Å². The van der Waals surface area contributed by atoms with Crippen LogP contribution >= 0.6 is 0 Å². The molecule has 88 valence electrons. The van der Waals surface area contributed by atoms with Crippen LogP contribution in [0.3, 0.4) is 0 Å². The Morgan fingerprint density at radius 3 is 2.81 bits per heavy atom. The molecule has 3 N–H and O–H groups in total. The Morgan fingerprint density at radius 2 is 2.31 bits per heavy atom. The Balaban J connectivity index is 2.60. The summed E-state index contributed by atoms with van der Waals surface area (Å²) in [6.07, 6.45) is 2.09. The number of nitrogens with two attached hydrogens (primary N) is 1. The van der Waals surface area contributed by atoms with E-state index in [0.717, 1.165) is 6.42 Å². The molecule has 1 aromatic heterocycles. The van der Waals surface area contributed by atoms with Crippen LogP contribution in [-0.4, -0.2) is 16.9 Å². The zero-order valence-corrected chi connectivity index (χ0v) is 9.40. The minimum atomic E-state index is -0.579. The zero-order valence-electron chi connectivity index (χ0n) is 9.40. The molecule has 0 spiro atoms. The Bertz CT molecular complexity index is 353. The maximum Gasteiger partial charge on any atom is 0.241 e. The van der Waals surface area contributed by atoms with Crippen LogP contribution in [-0.2, 0) is 4.79 Å². The Hall–Kier alpha value is -1.49. The fraction of sp³-hybridized carbons (Fsp3) is 0.455. The van der Waals surface area contributed by atoms with Gasteiger partial charge in [0.25, 0.3) is 0 Å². The predicted molar refractivity (Wildman–Crippen MR) is 60.3 cm³/mol. The fourth-order valence-electron chi connectivity index (χ4n) is 1.19. The van der Waals surface area contributed by atoms with E-state index in [0.29, 0.717) is 5.69 Å². The van der Waals surface area contributed by atoms with Crippen molar-refractivity contribution in [3.63, 3.8) is 0 Å². The fourth-order valence-corrected chi connectivity index (χ4v) is 1.19. The number of nitrogens with zero attached hydrogens (tertiary/aromatic N) is 1. The molecule has 4 nitrogen and oxygen atoms in total. The molecule has 0 aliphatic carbocycles. The van der Waals surface area contributed by atoms with Gasteiger partial charge in [0.1, 0.15) is 0 Å². The molecular formula is C11H16FN3O. The maximum absolute atomic E-state index is 12.5. The van der Waals surface area contributed by atoms with E-state index in [9.17, 15) is 9.18 Å². The number of carbonyl (C=O) groups excluding carboxylic acids is 1. The van der Waals surface area contributed by atoms with Crippen molar-refractivity contribution in [3.05, 3.63) is 24.3 Å².